The number of ether oxygens (including phenoxy) is 1. The molecule has 6 heteroatoms. The summed E-state index contributed by atoms with van der Waals surface area (Å²) in [6.07, 6.45) is 0. The van der Waals surface area contributed by atoms with E-state index in [2.05, 4.69) is 10.6 Å². The molecular weight excluding hydrogens is 348 g/mol. The van der Waals surface area contributed by atoms with Crippen molar-refractivity contribution in [3.05, 3.63) is 82.6 Å². The molecule has 0 amide bonds. The molecule has 1 aliphatic rings. The largest absolute Gasteiger partial charge is 0.465 e. The number of esters is 1. The van der Waals surface area contributed by atoms with Crippen LogP contribution in [0.2, 0.25) is 0 Å². The Morgan fingerprint density at radius 1 is 1.00 bits per heavy atom. The predicted molar refractivity (Wildman–Crippen MR) is 103 cm³/mol. The quantitative estimate of drug-likeness (QED) is 0.492. The molecule has 2 N–H and O–H groups in total. The van der Waals surface area contributed by atoms with Crippen molar-refractivity contribution in [2.24, 2.45) is 0 Å². The van der Waals surface area contributed by atoms with Crippen molar-refractivity contribution in [3.8, 4) is 0 Å². The maximum absolute atomic E-state index is 13.1. The Hall–Kier alpha value is -2.99. The first-order chi connectivity index (χ1) is 12.5. The summed E-state index contributed by atoms with van der Waals surface area (Å²) < 4.78 is 4.72. The highest BCUT2D eigenvalue weighted by Gasteiger charge is 2.30. The summed E-state index contributed by atoms with van der Waals surface area (Å²) >= 11 is 5.26. The van der Waals surface area contributed by atoms with Crippen molar-refractivity contribution in [1.82, 2.24) is 10.6 Å². The van der Waals surface area contributed by atoms with Crippen molar-refractivity contribution in [2.45, 2.75) is 13.0 Å². The Bertz CT molecular complexity index is 889. The standard InChI is InChI=1S/C20H18N2O3S/c1-12-16(18(23)14-6-4-3-5-7-14)17(22-20(26)21-12)13-8-10-15(11-9-13)19(24)25-2/h3-11,17H,1-2H3,(H2,21,22,26)/t17-/m1/s1. The normalized spacial score (nSPS) is 16.5. The van der Waals surface area contributed by atoms with Gasteiger partial charge in [0.25, 0.3) is 0 Å². The summed E-state index contributed by atoms with van der Waals surface area (Å²) in [6, 6.07) is 15.6. The summed E-state index contributed by atoms with van der Waals surface area (Å²) in [5.74, 6) is -0.481. The molecule has 0 unspecified atom stereocenters. The lowest BCUT2D eigenvalue weighted by Crippen LogP contribution is -2.44. The maximum Gasteiger partial charge on any atom is 0.337 e. The van der Waals surface area contributed by atoms with Crippen molar-refractivity contribution >= 4 is 29.1 Å². The Labute approximate surface area is 157 Å². The number of carbonyl (C=O) groups excluding carboxylic acids is 2. The first-order valence-electron chi connectivity index (χ1n) is 8.07. The van der Waals surface area contributed by atoms with E-state index in [-0.39, 0.29) is 5.78 Å². The molecule has 0 spiro atoms. The van der Waals surface area contributed by atoms with Crippen LogP contribution in [-0.4, -0.2) is 24.0 Å². The number of hydrogen-bond donors (Lipinski definition) is 2. The summed E-state index contributed by atoms with van der Waals surface area (Å²) in [6.45, 7) is 1.83. The average molecular weight is 366 g/mol. The van der Waals surface area contributed by atoms with Crippen LogP contribution in [0.1, 0.15) is 39.2 Å². The summed E-state index contributed by atoms with van der Waals surface area (Å²) in [5, 5.41) is 6.63. The number of Topliss-reactive ketones (excluding diaryl/α,β-unsaturated/α-hetero) is 1. The molecule has 0 saturated carbocycles. The minimum absolute atomic E-state index is 0.0763. The van der Waals surface area contributed by atoms with Gasteiger partial charge in [-0.3, -0.25) is 4.79 Å². The Balaban J connectivity index is 2.00. The number of allylic oxidation sites excluding steroid dienone is 1. The molecule has 2 aromatic rings. The molecule has 0 radical (unpaired) electrons. The zero-order valence-electron chi connectivity index (χ0n) is 14.4. The van der Waals surface area contributed by atoms with E-state index in [0.29, 0.717) is 27.5 Å². The maximum atomic E-state index is 13.1. The van der Waals surface area contributed by atoms with Crippen LogP contribution >= 0.6 is 12.2 Å². The van der Waals surface area contributed by atoms with Gasteiger partial charge in [-0.05, 0) is 36.8 Å². The van der Waals surface area contributed by atoms with Gasteiger partial charge in [-0.15, -0.1) is 0 Å². The number of methoxy groups -OCH3 is 1. The number of rotatable bonds is 4. The Kier molecular flexibility index (Phi) is 5.14. The fourth-order valence-electron chi connectivity index (χ4n) is 2.92. The Morgan fingerprint density at radius 3 is 2.27 bits per heavy atom. The van der Waals surface area contributed by atoms with E-state index >= 15 is 0 Å². The van der Waals surface area contributed by atoms with Crippen LogP contribution in [0.25, 0.3) is 0 Å². The third-order valence-corrected chi connectivity index (χ3v) is 4.43. The van der Waals surface area contributed by atoms with Crippen LogP contribution in [-0.2, 0) is 4.74 Å². The van der Waals surface area contributed by atoms with E-state index in [9.17, 15) is 9.59 Å². The van der Waals surface area contributed by atoms with Gasteiger partial charge in [0.05, 0.1) is 18.7 Å². The third-order valence-electron chi connectivity index (χ3n) is 4.21. The molecule has 2 aromatic carbocycles. The van der Waals surface area contributed by atoms with Crippen LogP contribution in [0.4, 0.5) is 0 Å². The van der Waals surface area contributed by atoms with Crippen LogP contribution < -0.4 is 10.6 Å². The van der Waals surface area contributed by atoms with Crippen LogP contribution in [0.5, 0.6) is 0 Å². The van der Waals surface area contributed by atoms with Gasteiger partial charge in [-0.25, -0.2) is 4.79 Å². The lowest BCUT2D eigenvalue weighted by molar-refractivity contribution is 0.0600. The van der Waals surface area contributed by atoms with Crippen molar-refractivity contribution in [2.75, 3.05) is 7.11 Å². The first kappa shape index (κ1) is 17.8. The molecule has 1 aliphatic heterocycles. The predicted octanol–water partition coefficient (Wildman–Crippen LogP) is 3.15. The van der Waals surface area contributed by atoms with Crippen LogP contribution in [0.15, 0.2) is 65.9 Å². The molecule has 0 bridgehead atoms. The van der Waals surface area contributed by atoms with Gasteiger partial charge >= 0.3 is 5.97 Å². The Morgan fingerprint density at radius 2 is 1.65 bits per heavy atom. The van der Waals surface area contributed by atoms with Gasteiger partial charge in [0.1, 0.15) is 0 Å². The highest BCUT2D eigenvalue weighted by atomic mass is 32.1. The topological polar surface area (TPSA) is 67.4 Å². The number of thiocarbonyl (C=S) groups is 1. The van der Waals surface area contributed by atoms with E-state index in [1.165, 1.54) is 7.11 Å². The van der Waals surface area contributed by atoms with E-state index < -0.39 is 12.0 Å². The average Bonchev–Trinajstić information content (AvgIpc) is 2.67. The summed E-state index contributed by atoms with van der Waals surface area (Å²) in [7, 11) is 1.34. The smallest absolute Gasteiger partial charge is 0.337 e. The number of nitrogens with one attached hydrogen (secondary N) is 2. The number of carbonyl (C=O) groups is 2. The van der Waals surface area contributed by atoms with Gasteiger partial charge in [0.15, 0.2) is 10.9 Å². The lowest BCUT2D eigenvalue weighted by Gasteiger charge is -2.30. The first-order valence-corrected chi connectivity index (χ1v) is 8.48. The van der Waals surface area contributed by atoms with Gasteiger partial charge in [0, 0.05) is 16.8 Å². The lowest BCUT2D eigenvalue weighted by atomic mass is 9.89. The monoisotopic (exact) mass is 366 g/mol. The molecule has 0 aromatic heterocycles. The molecule has 0 fully saturated rings. The van der Waals surface area contributed by atoms with Gasteiger partial charge in [0.2, 0.25) is 0 Å². The van der Waals surface area contributed by atoms with Gasteiger partial charge < -0.3 is 15.4 Å². The molecule has 0 aliphatic carbocycles. The summed E-state index contributed by atoms with van der Waals surface area (Å²) in [4.78, 5) is 24.7. The van der Waals surface area contributed by atoms with Crippen molar-refractivity contribution in [3.63, 3.8) is 0 Å². The molecule has 5 nitrogen and oxygen atoms in total. The fourth-order valence-corrected chi connectivity index (χ4v) is 3.19. The zero-order chi connectivity index (χ0) is 18.7. The molecule has 1 atom stereocenters. The second-order valence-corrected chi connectivity index (χ2v) is 6.29. The minimum Gasteiger partial charge on any atom is -0.465 e. The fraction of sp³-hybridized carbons (Fsp3) is 0.150. The highest BCUT2D eigenvalue weighted by molar-refractivity contribution is 7.80. The molecule has 132 valence electrons. The molecule has 3 rings (SSSR count). The van der Waals surface area contributed by atoms with Crippen LogP contribution in [0, 0.1) is 0 Å². The van der Waals surface area contributed by atoms with E-state index in [1.54, 1.807) is 36.4 Å². The van der Waals surface area contributed by atoms with Gasteiger partial charge in [-0.2, -0.15) is 0 Å². The molecule has 26 heavy (non-hydrogen) atoms. The number of benzene rings is 2. The number of ketones is 1. The second-order valence-electron chi connectivity index (χ2n) is 5.88. The number of hydrogen-bond acceptors (Lipinski definition) is 4. The van der Waals surface area contributed by atoms with Crippen LogP contribution in [0.3, 0.4) is 0 Å². The molecule has 0 saturated heterocycles. The molecular formula is C20H18N2O3S. The van der Waals surface area contributed by atoms with E-state index in [1.807, 2.05) is 25.1 Å². The highest BCUT2D eigenvalue weighted by Crippen LogP contribution is 2.29. The zero-order valence-corrected chi connectivity index (χ0v) is 15.2. The van der Waals surface area contributed by atoms with E-state index in [4.69, 9.17) is 17.0 Å². The van der Waals surface area contributed by atoms with E-state index in [0.717, 1.165) is 5.56 Å². The summed E-state index contributed by atoms with van der Waals surface area (Å²) in [5.41, 5.74) is 3.19. The van der Waals surface area contributed by atoms with Crippen molar-refractivity contribution in [1.29, 1.82) is 0 Å². The SMILES string of the molecule is COC(=O)c1ccc([C@H]2NC(=S)NC(C)=C2C(=O)c2ccccc2)cc1. The van der Waals surface area contributed by atoms with Crippen molar-refractivity contribution < 1.29 is 14.3 Å². The second kappa shape index (κ2) is 7.49. The molecule has 1 heterocycles. The minimum atomic E-state index is -0.405. The van der Waals surface area contributed by atoms with Gasteiger partial charge in [-0.1, -0.05) is 42.5 Å². The third kappa shape index (κ3) is 3.50.